The predicted octanol–water partition coefficient (Wildman–Crippen LogP) is 8.41. The van der Waals surface area contributed by atoms with E-state index in [0.29, 0.717) is 29.6 Å². The molecular formula is C26H37N. The Bertz CT molecular complexity index is 813. The number of nitrogens with one attached hydrogen (secondary N) is 1. The maximum absolute atomic E-state index is 3.97. The maximum Gasteiger partial charge on any atom is 0.0455 e. The highest BCUT2D eigenvalue weighted by Gasteiger charge is 2.26. The Balaban J connectivity index is 2.28. The maximum atomic E-state index is 3.97. The molecule has 2 atom stereocenters. The van der Waals surface area contributed by atoms with Crippen molar-refractivity contribution in [3.8, 4) is 0 Å². The minimum Gasteiger partial charge on any atom is -0.355 e. The lowest BCUT2D eigenvalue weighted by atomic mass is 9.79. The molecule has 2 aromatic carbocycles. The quantitative estimate of drug-likeness (QED) is 0.577. The van der Waals surface area contributed by atoms with Crippen LogP contribution in [0.3, 0.4) is 0 Å². The largest absolute Gasteiger partial charge is 0.355 e. The molecule has 2 unspecified atom stereocenters. The van der Waals surface area contributed by atoms with Crippen LogP contribution in [0, 0.1) is 0 Å². The van der Waals surface area contributed by atoms with Gasteiger partial charge in [-0.3, -0.25) is 0 Å². The fourth-order valence-corrected chi connectivity index (χ4v) is 4.57. The highest BCUT2D eigenvalue weighted by Crippen LogP contribution is 2.46. The zero-order valence-electron chi connectivity index (χ0n) is 18.5. The van der Waals surface area contributed by atoms with Gasteiger partial charge in [0.25, 0.3) is 0 Å². The molecule has 146 valence electrons. The van der Waals surface area contributed by atoms with Crippen LogP contribution in [0.1, 0.15) is 119 Å². The Labute approximate surface area is 166 Å². The molecule has 1 aliphatic rings. The first-order valence-electron chi connectivity index (χ1n) is 10.8. The highest BCUT2D eigenvalue weighted by molar-refractivity contribution is 5.75. The summed E-state index contributed by atoms with van der Waals surface area (Å²) in [6.45, 7) is 18.7. The molecule has 1 heterocycles. The summed E-state index contributed by atoms with van der Waals surface area (Å²) in [6.07, 6.45) is 1.20. The van der Waals surface area contributed by atoms with E-state index in [0.717, 1.165) is 0 Å². The number of para-hydroxylation sites is 1. The molecular weight excluding hydrogens is 326 g/mol. The molecule has 1 heteroatoms. The van der Waals surface area contributed by atoms with Crippen molar-refractivity contribution in [2.45, 2.75) is 91.4 Å². The average Bonchev–Trinajstić information content (AvgIpc) is 2.59. The van der Waals surface area contributed by atoms with Crippen LogP contribution in [0.15, 0.2) is 30.3 Å². The van der Waals surface area contributed by atoms with Gasteiger partial charge < -0.3 is 5.32 Å². The molecule has 1 N–H and O–H groups in total. The fourth-order valence-electron chi connectivity index (χ4n) is 4.57. The van der Waals surface area contributed by atoms with E-state index in [1.54, 1.807) is 0 Å². The molecule has 0 aromatic heterocycles. The van der Waals surface area contributed by atoms with Crippen LogP contribution >= 0.6 is 0 Å². The molecule has 27 heavy (non-hydrogen) atoms. The third-order valence-electron chi connectivity index (χ3n) is 6.28. The van der Waals surface area contributed by atoms with Crippen LogP contribution in [-0.2, 0) is 0 Å². The van der Waals surface area contributed by atoms with Gasteiger partial charge in [0, 0.05) is 11.4 Å². The standard InChI is InChI=1S/C26H37N/c1-15(2)20-13-23(17(5)6)26-24(14-20)19(8)12-18(7)22-11-9-10-21(16(3)4)25(22)27-26/h9-11,13-19,27H,12H2,1-8H3. The monoisotopic (exact) mass is 363 g/mol. The molecule has 0 bridgehead atoms. The van der Waals surface area contributed by atoms with Crippen molar-refractivity contribution in [1.29, 1.82) is 0 Å². The molecule has 1 aliphatic heterocycles. The number of hydrogen-bond acceptors (Lipinski definition) is 1. The Hall–Kier alpha value is -1.76. The molecule has 0 radical (unpaired) electrons. The lowest BCUT2D eigenvalue weighted by Gasteiger charge is -2.32. The van der Waals surface area contributed by atoms with Gasteiger partial charge in [-0.25, -0.2) is 0 Å². The van der Waals surface area contributed by atoms with Crippen molar-refractivity contribution >= 4 is 11.4 Å². The molecule has 0 saturated heterocycles. The molecule has 0 aliphatic carbocycles. The third kappa shape index (κ3) is 3.79. The number of benzene rings is 2. The van der Waals surface area contributed by atoms with Gasteiger partial charge in [-0.15, -0.1) is 0 Å². The molecule has 2 aromatic rings. The smallest absolute Gasteiger partial charge is 0.0455 e. The second kappa shape index (κ2) is 7.70. The van der Waals surface area contributed by atoms with Gasteiger partial charge in [0.2, 0.25) is 0 Å². The SMILES string of the molecule is CC(C)c1cc(C(C)C)c2c(c1)C(C)CC(C)c1cccc(C(C)C)c1N2. The highest BCUT2D eigenvalue weighted by atomic mass is 14.9. The second-order valence-corrected chi connectivity index (χ2v) is 9.51. The van der Waals surface area contributed by atoms with Crippen LogP contribution in [0.25, 0.3) is 0 Å². The Kier molecular flexibility index (Phi) is 5.70. The van der Waals surface area contributed by atoms with Crippen molar-refractivity contribution in [2.24, 2.45) is 0 Å². The van der Waals surface area contributed by atoms with Gasteiger partial charge in [0.05, 0.1) is 0 Å². The van der Waals surface area contributed by atoms with E-state index in [9.17, 15) is 0 Å². The summed E-state index contributed by atoms with van der Waals surface area (Å²) in [5, 5.41) is 3.97. The van der Waals surface area contributed by atoms with E-state index in [1.165, 1.54) is 45.6 Å². The molecule has 3 rings (SSSR count). The van der Waals surface area contributed by atoms with E-state index in [4.69, 9.17) is 0 Å². The van der Waals surface area contributed by atoms with Crippen molar-refractivity contribution in [3.05, 3.63) is 58.1 Å². The average molecular weight is 364 g/mol. The summed E-state index contributed by atoms with van der Waals surface area (Å²) in [4.78, 5) is 0. The first kappa shape index (κ1) is 20.0. The Morgan fingerprint density at radius 3 is 1.93 bits per heavy atom. The number of hydrogen-bond donors (Lipinski definition) is 1. The van der Waals surface area contributed by atoms with E-state index < -0.39 is 0 Å². The van der Waals surface area contributed by atoms with Crippen LogP contribution in [0.4, 0.5) is 11.4 Å². The van der Waals surface area contributed by atoms with Gasteiger partial charge >= 0.3 is 0 Å². The Morgan fingerprint density at radius 2 is 1.33 bits per heavy atom. The van der Waals surface area contributed by atoms with E-state index in [1.807, 2.05) is 0 Å². The summed E-state index contributed by atoms with van der Waals surface area (Å²) < 4.78 is 0. The van der Waals surface area contributed by atoms with Gasteiger partial charge in [-0.05, 0) is 63.8 Å². The molecule has 0 amide bonds. The summed E-state index contributed by atoms with van der Waals surface area (Å²) in [5.74, 6) is 2.68. The summed E-state index contributed by atoms with van der Waals surface area (Å²) in [6, 6.07) is 11.8. The van der Waals surface area contributed by atoms with Gasteiger partial charge in [0.1, 0.15) is 0 Å². The normalized spacial score (nSPS) is 19.5. The van der Waals surface area contributed by atoms with Crippen LogP contribution < -0.4 is 5.32 Å². The topological polar surface area (TPSA) is 12.0 Å². The van der Waals surface area contributed by atoms with Crippen LogP contribution in [0.5, 0.6) is 0 Å². The van der Waals surface area contributed by atoms with Crippen molar-refractivity contribution < 1.29 is 0 Å². The zero-order valence-corrected chi connectivity index (χ0v) is 18.5. The van der Waals surface area contributed by atoms with Gasteiger partial charge in [-0.2, -0.15) is 0 Å². The van der Waals surface area contributed by atoms with Crippen LogP contribution in [-0.4, -0.2) is 0 Å². The van der Waals surface area contributed by atoms with Gasteiger partial charge in [0.15, 0.2) is 0 Å². The zero-order chi connectivity index (χ0) is 19.9. The first-order valence-corrected chi connectivity index (χ1v) is 10.8. The van der Waals surface area contributed by atoms with E-state index in [2.05, 4.69) is 91.0 Å². The molecule has 0 spiro atoms. The van der Waals surface area contributed by atoms with Gasteiger partial charge in [-0.1, -0.05) is 85.7 Å². The minimum absolute atomic E-state index is 0.503. The summed E-state index contributed by atoms with van der Waals surface area (Å²) in [7, 11) is 0. The number of rotatable bonds is 3. The lowest BCUT2D eigenvalue weighted by molar-refractivity contribution is 0.589. The summed E-state index contributed by atoms with van der Waals surface area (Å²) >= 11 is 0. The lowest BCUT2D eigenvalue weighted by Crippen LogP contribution is -2.15. The predicted molar refractivity (Wildman–Crippen MR) is 120 cm³/mol. The molecule has 0 fully saturated rings. The molecule has 0 saturated carbocycles. The van der Waals surface area contributed by atoms with E-state index in [-0.39, 0.29) is 0 Å². The summed E-state index contributed by atoms with van der Waals surface area (Å²) in [5.41, 5.74) is 10.1. The van der Waals surface area contributed by atoms with Crippen molar-refractivity contribution in [2.75, 3.05) is 5.32 Å². The number of anilines is 2. The number of fused-ring (bicyclic) bond motifs is 2. The second-order valence-electron chi connectivity index (χ2n) is 9.51. The minimum atomic E-state index is 0.503. The van der Waals surface area contributed by atoms with E-state index >= 15 is 0 Å². The Morgan fingerprint density at radius 1 is 0.741 bits per heavy atom. The van der Waals surface area contributed by atoms with Crippen molar-refractivity contribution in [3.63, 3.8) is 0 Å². The fraction of sp³-hybridized carbons (Fsp3) is 0.538. The first-order chi connectivity index (χ1) is 12.7. The van der Waals surface area contributed by atoms with Crippen LogP contribution in [0.2, 0.25) is 0 Å². The van der Waals surface area contributed by atoms with Crippen molar-refractivity contribution in [1.82, 2.24) is 0 Å². The third-order valence-corrected chi connectivity index (χ3v) is 6.28. The molecule has 1 nitrogen and oxygen atoms in total.